The highest BCUT2D eigenvalue weighted by atomic mass is 16.5. The van der Waals surface area contributed by atoms with Crippen molar-refractivity contribution in [3.63, 3.8) is 0 Å². The van der Waals surface area contributed by atoms with Gasteiger partial charge in [-0.15, -0.1) is 0 Å². The van der Waals surface area contributed by atoms with E-state index in [2.05, 4.69) is 9.97 Å². The fourth-order valence-corrected chi connectivity index (χ4v) is 0.456. The van der Waals surface area contributed by atoms with Gasteiger partial charge in [0.15, 0.2) is 5.75 Å². The van der Waals surface area contributed by atoms with Gasteiger partial charge in [-0.1, -0.05) is 0 Å². The SMILES string of the molecule is NCOc1cncnc1. The van der Waals surface area contributed by atoms with Crippen LogP contribution >= 0.6 is 0 Å². The van der Waals surface area contributed by atoms with Crippen molar-refractivity contribution in [1.29, 1.82) is 0 Å². The van der Waals surface area contributed by atoms with Crippen LogP contribution in [-0.4, -0.2) is 16.7 Å². The Bertz CT molecular complexity index is 165. The molecule has 1 rings (SSSR count). The molecule has 0 radical (unpaired) electrons. The molecule has 48 valence electrons. The lowest BCUT2D eigenvalue weighted by Crippen LogP contribution is -2.07. The highest BCUT2D eigenvalue weighted by Crippen LogP contribution is 2.01. The van der Waals surface area contributed by atoms with Crippen molar-refractivity contribution in [3.05, 3.63) is 18.7 Å². The molecule has 0 aromatic carbocycles. The zero-order chi connectivity index (χ0) is 6.53. The van der Waals surface area contributed by atoms with E-state index in [1.165, 1.54) is 6.33 Å². The second kappa shape index (κ2) is 2.99. The van der Waals surface area contributed by atoms with Crippen molar-refractivity contribution in [2.75, 3.05) is 6.73 Å². The highest BCUT2D eigenvalue weighted by Gasteiger charge is 1.86. The number of rotatable bonds is 2. The first-order valence-electron chi connectivity index (χ1n) is 2.51. The van der Waals surface area contributed by atoms with E-state index in [4.69, 9.17) is 10.5 Å². The summed E-state index contributed by atoms with van der Waals surface area (Å²) in [5.41, 5.74) is 5.08. The predicted molar refractivity (Wildman–Crippen MR) is 31.7 cm³/mol. The summed E-state index contributed by atoms with van der Waals surface area (Å²) in [6, 6.07) is 0. The van der Waals surface area contributed by atoms with Gasteiger partial charge in [0.1, 0.15) is 13.1 Å². The van der Waals surface area contributed by atoms with Crippen molar-refractivity contribution < 1.29 is 4.74 Å². The maximum absolute atomic E-state index is 5.08. The Kier molecular flexibility index (Phi) is 1.98. The van der Waals surface area contributed by atoms with Crippen LogP contribution in [0.1, 0.15) is 0 Å². The minimum Gasteiger partial charge on any atom is -0.475 e. The van der Waals surface area contributed by atoms with Crippen LogP contribution in [0.4, 0.5) is 0 Å². The van der Waals surface area contributed by atoms with Gasteiger partial charge in [0.25, 0.3) is 0 Å². The van der Waals surface area contributed by atoms with E-state index >= 15 is 0 Å². The van der Waals surface area contributed by atoms with Gasteiger partial charge in [0, 0.05) is 0 Å². The van der Waals surface area contributed by atoms with Crippen LogP contribution in [0.2, 0.25) is 0 Å². The molecular weight excluding hydrogens is 118 g/mol. The van der Waals surface area contributed by atoms with Crippen LogP contribution in [0.5, 0.6) is 5.75 Å². The molecule has 0 aliphatic heterocycles. The molecule has 0 aliphatic carbocycles. The molecule has 1 aromatic heterocycles. The van der Waals surface area contributed by atoms with Gasteiger partial charge in [-0.25, -0.2) is 9.97 Å². The summed E-state index contributed by atoms with van der Waals surface area (Å²) in [5, 5.41) is 0. The Hall–Kier alpha value is -1.16. The number of ether oxygens (including phenoxy) is 1. The van der Waals surface area contributed by atoms with Crippen molar-refractivity contribution in [2.45, 2.75) is 0 Å². The van der Waals surface area contributed by atoms with Gasteiger partial charge in [-0.3, -0.25) is 5.73 Å². The molecule has 4 nitrogen and oxygen atoms in total. The molecule has 9 heavy (non-hydrogen) atoms. The van der Waals surface area contributed by atoms with E-state index in [0.717, 1.165) is 0 Å². The fourth-order valence-electron chi connectivity index (χ4n) is 0.456. The minimum atomic E-state index is 0.160. The van der Waals surface area contributed by atoms with E-state index in [9.17, 15) is 0 Å². The van der Waals surface area contributed by atoms with Gasteiger partial charge in [0.05, 0.1) is 12.4 Å². The topological polar surface area (TPSA) is 61.0 Å². The Morgan fingerprint density at radius 1 is 1.44 bits per heavy atom. The van der Waals surface area contributed by atoms with Crippen LogP contribution in [0, 0.1) is 0 Å². The largest absolute Gasteiger partial charge is 0.475 e. The Labute approximate surface area is 52.7 Å². The van der Waals surface area contributed by atoms with E-state index in [-0.39, 0.29) is 6.73 Å². The average Bonchev–Trinajstić information content (AvgIpc) is 1.91. The molecule has 1 aromatic rings. The first kappa shape index (κ1) is 5.97. The first-order valence-corrected chi connectivity index (χ1v) is 2.51. The van der Waals surface area contributed by atoms with Crippen LogP contribution in [0.15, 0.2) is 18.7 Å². The van der Waals surface area contributed by atoms with Crippen molar-refractivity contribution in [2.24, 2.45) is 5.73 Å². The van der Waals surface area contributed by atoms with Crippen molar-refractivity contribution >= 4 is 0 Å². The zero-order valence-electron chi connectivity index (χ0n) is 4.82. The van der Waals surface area contributed by atoms with Gasteiger partial charge >= 0.3 is 0 Å². The molecule has 0 bridgehead atoms. The summed E-state index contributed by atoms with van der Waals surface area (Å²) < 4.78 is 4.86. The zero-order valence-corrected chi connectivity index (χ0v) is 4.82. The van der Waals surface area contributed by atoms with Crippen LogP contribution in [-0.2, 0) is 0 Å². The summed E-state index contributed by atoms with van der Waals surface area (Å²) in [7, 11) is 0. The standard InChI is InChI=1S/C5H7N3O/c6-3-9-5-1-7-4-8-2-5/h1-2,4H,3,6H2. The third-order valence-corrected chi connectivity index (χ3v) is 0.787. The van der Waals surface area contributed by atoms with E-state index in [0.29, 0.717) is 5.75 Å². The molecule has 1 heterocycles. The third-order valence-electron chi connectivity index (χ3n) is 0.787. The Balaban J connectivity index is 2.61. The second-order valence-electron chi connectivity index (χ2n) is 1.39. The monoisotopic (exact) mass is 125 g/mol. The number of hydrogen-bond acceptors (Lipinski definition) is 4. The maximum atomic E-state index is 5.08. The second-order valence-corrected chi connectivity index (χ2v) is 1.39. The Morgan fingerprint density at radius 2 is 2.11 bits per heavy atom. The van der Waals surface area contributed by atoms with Crippen molar-refractivity contribution in [1.82, 2.24) is 9.97 Å². The average molecular weight is 125 g/mol. The minimum absolute atomic E-state index is 0.160. The lowest BCUT2D eigenvalue weighted by molar-refractivity contribution is 0.327. The molecule has 0 saturated heterocycles. The van der Waals surface area contributed by atoms with E-state index in [1.807, 2.05) is 0 Å². The lowest BCUT2D eigenvalue weighted by atomic mass is 10.6. The summed E-state index contributed by atoms with van der Waals surface area (Å²) in [6.07, 6.45) is 4.54. The molecule has 0 atom stereocenters. The quantitative estimate of drug-likeness (QED) is 0.555. The van der Waals surface area contributed by atoms with Gasteiger partial charge in [-0.2, -0.15) is 0 Å². The van der Waals surface area contributed by atoms with Crippen LogP contribution in [0.3, 0.4) is 0 Å². The third kappa shape index (κ3) is 1.65. The van der Waals surface area contributed by atoms with Crippen LogP contribution in [0.25, 0.3) is 0 Å². The smallest absolute Gasteiger partial charge is 0.157 e. The summed E-state index contributed by atoms with van der Waals surface area (Å²) in [6.45, 7) is 0.160. The molecule has 0 fully saturated rings. The summed E-state index contributed by atoms with van der Waals surface area (Å²) in [4.78, 5) is 7.42. The summed E-state index contributed by atoms with van der Waals surface area (Å²) in [5.74, 6) is 0.597. The van der Waals surface area contributed by atoms with Crippen LogP contribution < -0.4 is 10.5 Å². The number of nitrogens with zero attached hydrogens (tertiary/aromatic N) is 2. The van der Waals surface area contributed by atoms with E-state index < -0.39 is 0 Å². The molecule has 0 aliphatic rings. The molecule has 0 unspecified atom stereocenters. The maximum Gasteiger partial charge on any atom is 0.157 e. The molecule has 4 heteroatoms. The normalized spacial score (nSPS) is 9.00. The number of nitrogens with two attached hydrogens (primary N) is 1. The number of aromatic nitrogens is 2. The molecule has 2 N–H and O–H groups in total. The first-order chi connectivity index (χ1) is 4.43. The highest BCUT2D eigenvalue weighted by molar-refractivity contribution is 5.09. The van der Waals surface area contributed by atoms with Gasteiger partial charge < -0.3 is 4.74 Å². The molecule has 0 spiro atoms. The van der Waals surface area contributed by atoms with E-state index in [1.54, 1.807) is 12.4 Å². The Morgan fingerprint density at radius 3 is 2.67 bits per heavy atom. The van der Waals surface area contributed by atoms with Crippen molar-refractivity contribution in [3.8, 4) is 5.75 Å². The molecule has 0 saturated carbocycles. The lowest BCUT2D eigenvalue weighted by Gasteiger charge is -1.97. The van der Waals surface area contributed by atoms with Gasteiger partial charge in [0.2, 0.25) is 0 Å². The summed E-state index contributed by atoms with van der Waals surface area (Å²) >= 11 is 0. The fraction of sp³-hybridized carbons (Fsp3) is 0.200. The van der Waals surface area contributed by atoms with Gasteiger partial charge in [-0.05, 0) is 0 Å². The predicted octanol–water partition coefficient (Wildman–Crippen LogP) is -0.228. The number of hydrogen-bond donors (Lipinski definition) is 1. The molecular formula is C5H7N3O. The molecule has 0 amide bonds.